The molecule has 2 rings (SSSR count). The smallest absolute Gasteiger partial charge is 0.0471 e. The van der Waals surface area contributed by atoms with Gasteiger partial charge < -0.3 is 10.6 Å². The lowest BCUT2D eigenvalue weighted by atomic mass is 10.0. The van der Waals surface area contributed by atoms with Crippen molar-refractivity contribution in [2.45, 2.75) is 32.7 Å². The summed E-state index contributed by atoms with van der Waals surface area (Å²) in [6, 6.07) is 6.08. The van der Waals surface area contributed by atoms with E-state index in [0.29, 0.717) is 6.54 Å². The minimum atomic E-state index is 0.518. The molecular formula is C14H21ClN2. The Morgan fingerprint density at radius 2 is 2.29 bits per heavy atom. The summed E-state index contributed by atoms with van der Waals surface area (Å²) in [6.45, 7) is 5.07. The Bertz CT molecular complexity index is 378. The monoisotopic (exact) mass is 252 g/mol. The highest BCUT2D eigenvalue weighted by molar-refractivity contribution is 6.31. The number of benzene rings is 1. The van der Waals surface area contributed by atoms with Gasteiger partial charge in [-0.3, -0.25) is 0 Å². The predicted molar refractivity (Wildman–Crippen MR) is 74.6 cm³/mol. The van der Waals surface area contributed by atoms with Crippen LogP contribution in [0.15, 0.2) is 18.2 Å². The second kappa shape index (κ2) is 5.74. The van der Waals surface area contributed by atoms with Gasteiger partial charge in [0.25, 0.3) is 0 Å². The predicted octanol–water partition coefficient (Wildman–Crippen LogP) is 3.43. The Hall–Kier alpha value is -0.730. The number of hydrogen-bond acceptors (Lipinski definition) is 2. The van der Waals surface area contributed by atoms with Crippen molar-refractivity contribution in [3.63, 3.8) is 0 Å². The first-order chi connectivity index (χ1) is 8.26. The van der Waals surface area contributed by atoms with E-state index in [2.05, 4.69) is 17.9 Å². The average molecular weight is 253 g/mol. The van der Waals surface area contributed by atoms with E-state index in [4.69, 9.17) is 17.3 Å². The molecule has 2 N–H and O–H groups in total. The second-order valence-corrected chi connectivity index (χ2v) is 5.24. The van der Waals surface area contributed by atoms with Crippen molar-refractivity contribution in [1.29, 1.82) is 0 Å². The van der Waals surface area contributed by atoms with Crippen molar-refractivity contribution < 1.29 is 0 Å². The van der Waals surface area contributed by atoms with Crippen molar-refractivity contribution in [2.24, 2.45) is 11.7 Å². The molecule has 17 heavy (non-hydrogen) atoms. The minimum Gasteiger partial charge on any atom is -0.371 e. The lowest BCUT2D eigenvalue weighted by molar-refractivity contribution is 0.529. The van der Waals surface area contributed by atoms with Crippen molar-refractivity contribution >= 4 is 17.3 Å². The first kappa shape index (κ1) is 12.7. The first-order valence-corrected chi connectivity index (χ1v) is 6.86. The Balaban J connectivity index is 2.15. The molecule has 1 aromatic carbocycles. The minimum absolute atomic E-state index is 0.518. The molecule has 3 heteroatoms. The maximum absolute atomic E-state index is 6.20. The third-order valence-corrected chi connectivity index (χ3v) is 3.98. The topological polar surface area (TPSA) is 29.3 Å². The van der Waals surface area contributed by atoms with Gasteiger partial charge in [0.2, 0.25) is 0 Å². The van der Waals surface area contributed by atoms with Crippen LogP contribution in [0.4, 0.5) is 5.69 Å². The quantitative estimate of drug-likeness (QED) is 0.890. The lowest BCUT2D eigenvalue weighted by Gasteiger charge is -2.22. The van der Waals surface area contributed by atoms with Gasteiger partial charge >= 0.3 is 0 Å². The van der Waals surface area contributed by atoms with E-state index in [-0.39, 0.29) is 0 Å². The first-order valence-electron chi connectivity index (χ1n) is 6.48. The largest absolute Gasteiger partial charge is 0.371 e. The molecule has 0 radical (unpaired) electrons. The van der Waals surface area contributed by atoms with Crippen molar-refractivity contribution in [2.75, 3.05) is 18.0 Å². The van der Waals surface area contributed by atoms with Crippen LogP contribution in [-0.2, 0) is 6.54 Å². The summed E-state index contributed by atoms with van der Waals surface area (Å²) in [6.07, 6.45) is 3.90. The zero-order chi connectivity index (χ0) is 12.3. The van der Waals surface area contributed by atoms with Crippen molar-refractivity contribution in [3.05, 3.63) is 28.8 Å². The lowest BCUT2D eigenvalue weighted by Crippen LogP contribution is -2.21. The summed E-state index contributed by atoms with van der Waals surface area (Å²) < 4.78 is 0. The summed E-state index contributed by atoms with van der Waals surface area (Å²) >= 11 is 6.20. The van der Waals surface area contributed by atoms with Gasteiger partial charge in [0.1, 0.15) is 0 Å². The summed E-state index contributed by atoms with van der Waals surface area (Å²) in [7, 11) is 0. The summed E-state index contributed by atoms with van der Waals surface area (Å²) in [4.78, 5) is 2.44. The molecular weight excluding hydrogens is 232 g/mol. The maximum Gasteiger partial charge on any atom is 0.0471 e. The molecule has 94 valence electrons. The van der Waals surface area contributed by atoms with E-state index in [1.165, 1.54) is 24.9 Å². The third-order valence-electron chi connectivity index (χ3n) is 3.62. The second-order valence-electron chi connectivity index (χ2n) is 4.83. The molecule has 1 aliphatic rings. The molecule has 2 nitrogen and oxygen atoms in total. The van der Waals surface area contributed by atoms with Gasteiger partial charge in [-0.05, 0) is 30.9 Å². The molecule has 1 saturated heterocycles. The van der Waals surface area contributed by atoms with E-state index in [1.54, 1.807) is 0 Å². The molecule has 0 aliphatic carbocycles. The fourth-order valence-electron chi connectivity index (χ4n) is 2.74. The molecule has 0 aromatic heterocycles. The van der Waals surface area contributed by atoms with Crippen molar-refractivity contribution in [1.82, 2.24) is 0 Å². The zero-order valence-corrected chi connectivity index (χ0v) is 11.2. The van der Waals surface area contributed by atoms with E-state index >= 15 is 0 Å². The number of rotatable bonds is 4. The molecule has 1 aliphatic heterocycles. The SMILES string of the molecule is CCCC1CCN(c2cccc(Cl)c2CN)C1. The van der Waals surface area contributed by atoms with Crippen molar-refractivity contribution in [3.8, 4) is 0 Å². The Morgan fingerprint density at radius 1 is 1.47 bits per heavy atom. The van der Waals surface area contributed by atoms with E-state index < -0.39 is 0 Å². The van der Waals surface area contributed by atoms with Gasteiger partial charge in [-0.15, -0.1) is 0 Å². The van der Waals surface area contributed by atoms with Gasteiger partial charge in [-0.25, -0.2) is 0 Å². The average Bonchev–Trinajstić information content (AvgIpc) is 2.78. The van der Waals surface area contributed by atoms with E-state index in [1.807, 2.05) is 12.1 Å². The van der Waals surface area contributed by atoms with E-state index in [9.17, 15) is 0 Å². The molecule has 1 unspecified atom stereocenters. The van der Waals surface area contributed by atoms with Crippen LogP contribution in [0.2, 0.25) is 5.02 Å². The normalized spacial score (nSPS) is 19.9. The highest BCUT2D eigenvalue weighted by Crippen LogP contribution is 2.32. The molecule has 1 aromatic rings. The van der Waals surface area contributed by atoms with Crippen LogP contribution in [0.3, 0.4) is 0 Å². The summed E-state index contributed by atoms with van der Waals surface area (Å²) in [5, 5.41) is 0.795. The van der Waals surface area contributed by atoms with Gasteiger partial charge in [0, 0.05) is 35.9 Å². The maximum atomic E-state index is 6.20. The molecule has 0 bridgehead atoms. The number of nitrogens with two attached hydrogens (primary N) is 1. The van der Waals surface area contributed by atoms with Gasteiger partial charge in [-0.2, -0.15) is 0 Å². The van der Waals surface area contributed by atoms with Gasteiger partial charge in [0.05, 0.1) is 0 Å². The number of hydrogen-bond donors (Lipinski definition) is 1. The Kier molecular flexibility index (Phi) is 4.30. The van der Waals surface area contributed by atoms with Gasteiger partial charge in [-0.1, -0.05) is 31.0 Å². The van der Waals surface area contributed by atoms with Crippen LogP contribution < -0.4 is 10.6 Å². The fourth-order valence-corrected chi connectivity index (χ4v) is 2.99. The molecule has 0 saturated carbocycles. The Labute approximate surface area is 109 Å². The highest BCUT2D eigenvalue weighted by Gasteiger charge is 2.23. The van der Waals surface area contributed by atoms with Gasteiger partial charge in [0.15, 0.2) is 0 Å². The summed E-state index contributed by atoms with van der Waals surface area (Å²) in [5.41, 5.74) is 8.13. The molecule has 0 spiro atoms. The third kappa shape index (κ3) is 2.75. The molecule has 1 atom stereocenters. The van der Waals surface area contributed by atoms with E-state index in [0.717, 1.165) is 29.6 Å². The Morgan fingerprint density at radius 3 is 3.00 bits per heavy atom. The van der Waals surface area contributed by atoms with Crippen LogP contribution in [0.5, 0.6) is 0 Å². The number of nitrogens with zero attached hydrogens (tertiary/aromatic N) is 1. The van der Waals surface area contributed by atoms with Crippen LogP contribution in [0.25, 0.3) is 0 Å². The highest BCUT2D eigenvalue weighted by atomic mass is 35.5. The molecule has 1 fully saturated rings. The van der Waals surface area contributed by atoms with Crippen LogP contribution in [0, 0.1) is 5.92 Å². The summed E-state index contributed by atoms with van der Waals surface area (Å²) in [5.74, 6) is 0.838. The van der Waals surface area contributed by atoms with Crippen LogP contribution in [-0.4, -0.2) is 13.1 Å². The molecule has 0 amide bonds. The zero-order valence-electron chi connectivity index (χ0n) is 10.5. The fraction of sp³-hybridized carbons (Fsp3) is 0.571. The standard InChI is InChI=1S/C14H21ClN2/c1-2-4-11-7-8-17(10-11)14-6-3-5-13(15)12(14)9-16/h3,5-6,11H,2,4,7-10,16H2,1H3. The van der Waals surface area contributed by atoms with Crippen LogP contribution >= 0.6 is 11.6 Å². The number of anilines is 1. The van der Waals surface area contributed by atoms with Crippen LogP contribution in [0.1, 0.15) is 31.7 Å². The molecule has 1 heterocycles. The number of halogens is 1.